The van der Waals surface area contributed by atoms with E-state index in [-0.39, 0.29) is 11.1 Å². The third-order valence-corrected chi connectivity index (χ3v) is 10.4. The summed E-state index contributed by atoms with van der Waals surface area (Å²) < 4.78 is 6.30. The molecule has 130 valence electrons. The van der Waals surface area contributed by atoms with Gasteiger partial charge < -0.3 is 9.53 Å². The van der Waals surface area contributed by atoms with Crippen LogP contribution < -0.4 is 0 Å². The van der Waals surface area contributed by atoms with E-state index in [2.05, 4.69) is 47.4 Å². The van der Waals surface area contributed by atoms with Crippen LogP contribution in [0.4, 0.5) is 0 Å². The molecule has 0 aromatic carbocycles. The van der Waals surface area contributed by atoms with Gasteiger partial charge in [-0.1, -0.05) is 59.1 Å². The molecule has 1 aliphatic carbocycles. The molecular weight excluding hydrogens is 288 g/mol. The van der Waals surface area contributed by atoms with Crippen LogP contribution in [0.5, 0.6) is 0 Å². The van der Waals surface area contributed by atoms with E-state index >= 15 is 0 Å². The summed E-state index contributed by atoms with van der Waals surface area (Å²) in [5.74, 6) is 0.811. The SMILES string of the molecule is C=C(CC(O)C1CCCCC1)C(C)CO[Si](C)(C)C(C)(C)C. The summed E-state index contributed by atoms with van der Waals surface area (Å²) in [4.78, 5) is 0. The quantitative estimate of drug-likeness (QED) is 0.492. The van der Waals surface area contributed by atoms with Gasteiger partial charge in [-0.15, -0.1) is 0 Å². The second-order valence-electron chi connectivity index (χ2n) is 8.80. The smallest absolute Gasteiger partial charge is 0.192 e. The molecule has 1 rings (SSSR count). The van der Waals surface area contributed by atoms with Gasteiger partial charge in [0, 0.05) is 6.61 Å². The van der Waals surface area contributed by atoms with E-state index in [1.54, 1.807) is 0 Å². The molecule has 1 N–H and O–H groups in total. The average Bonchev–Trinajstić information content (AvgIpc) is 2.44. The Hall–Kier alpha value is -0.123. The first kappa shape index (κ1) is 19.9. The first-order valence-electron chi connectivity index (χ1n) is 9.04. The normalized spacial score (nSPS) is 20.7. The number of hydrogen-bond acceptors (Lipinski definition) is 2. The van der Waals surface area contributed by atoms with Crippen LogP contribution in [-0.4, -0.2) is 26.1 Å². The van der Waals surface area contributed by atoms with E-state index in [0.29, 0.717) is 11.8 Å². The zero-order valence-electron chi connectivity index (χ0n) is 15.7. The van der Waals surface area contributed by atoms with Gasteiger partial charge >= 0.3 is 0 Å². The molecule has 0 radical (unpaired) electrons. The molecule has 0 bridgehead atoms. The summed E-state index contributed by atoms with van der Waals surface area (Å²) >= 11 is 0. The molecule has 0 aromatic rings. The standard InChI is InChI=1S/C19H38O2Si/c1-15(13-18(20)17-11-9-8-10-12-17)16(2)14-21-22(6,7)19(3,4)5/h16-18,20H,1,8-14H2,2-7H3. The summed E-state index contributed by atoms with van der Waals surface area (Å²) in [6.07, 6.45) is 6.79. The van der Waals surface area contributed by atoms with Crippen LogP contribution >= 0.6 is 0 Å². The maximum Gasteiger partial charge on any atom is 0.192 e. The summed E-state index contributed by atoms with van der Waals surface area (Å²) in [6, 6.07) is 0. The number of aliphatic hydroxyl groups excluding tert-OH is 1. The van der Waals surface area contributed by atoms with E-state index in [1.807, 2.05) is 0 Å². The van der Waals surface area contributed by atoms with Crippen LogP contribution in [0.2, 0.25) is 18.1 Å². The van der Waals surface area contributed by atoms with E-state index in [9.17, 15) is 5.11 Å². The Morgan fingerprint density at radius 3 is 2.27 bits per heavy atom. The van der Waals surface area contributed by atoms with Gasteiger partial charge in [0.25, 0.3) is 0 Å². The molecule has 1 fully saturated rings. The Labute approximate surface area is 139 Å². The third kappa shape index (κ3) is 5.82. The number of aliphatic hydroxyl groups is 1. The van der Waals surface area contributed by atoms with E-state index in [0.717, 1.165) is 18.6 Å². The molecule has 3 heteroatoms. The molecular formula is C19H38O2Si. The van der Waals surface area contributed by atoms with E-state index in [1.165, 1.54) is 32.1 Å². The van der Waals surface area contributed by atoms with Crippen LogP contribution in [0, 0.1) is 11.8 Å². The number of hydrogen-bond donors (Lipinski definition) is 1. The minimum atomic E-state index is -1.69. The van der Waals surface area contributed by atoms with Crippen LogP contribution in [0.3, 0.4) is 0 Å². The van der Waals surface area contributed by atoms with Gasteiger partial charge in [-0.3, -0.25) is 0 Å². The molecule has 2 nitrogen and oxygen atoms in total. The Morgan fingerprint density at radius 1 is 1.23 bits per heavy atom. The van der Waals surface area contributed by atoms with Gasteiger partial charge in [0.1, 0.15) is 0 Å². The lowest BCUT2D eigenvalue weighted by Crippen LogP contribution is -2.42. The van der Waals surface area contributed by atoms with Crippen molar-refractivity contribution in [2.24, 2.45) is 11.8 Å². The zero-order valence-corrected chi connectivity index (χ0v) is 16.7. The molecule has 2 atom stereocenters. The fourth-order valence-electron chi connectivity index (χ4n) is 2.82. The largest absolute Gasteiger partial charge is 0.416 e. The van der Waals surface area contributed by atoms with Crippen LogP contribution in [0.15, 0.2) is 12.2 Å². The Bertz CT molecular complexity index is 351. The number of rotatable bonds is 7. The van der Waals surface area contributed by atoms with Crippen molar-refractivity contribution in [2.75, 3.05) is 6.61 Å². The maximum atomic E-state index is 10.5. The predicted molar refractivity (Wildman–Crippen MR) is 98.7 cm³/mol. The van der Waals surface area contributed by atoms with Gasteiger partial charge in [0.2, 0.25) is 0 Å². The highest BCUT2D eigenvalue weighted by atomic mass is 28.4. The van der Waals surface area contributed by atoms with Gasteiger partial charge in [-0.2, -0.15) is 0 Å². The summed E-state index contributed by atoms with van der Waals surface area (Å²) in [5.41, 5.74) is 1.15. The molecule has 0 amide bonds. The fourth-order valence-corrected chi connectivity index (χ4v) is 3.92. The lowest BCUT2D eigenvalue weighted by atomic mass is 9.82. The van der Waals surface area contributed by atoms with Crippen LogP contribution in [0.25, 0.3) is 0 Å². The fraction of sp³-hybridized carbons (Fsp3) is 0.895. The predicted octanol–water partition coefficient (Wildman–Crippen LogP) is 5.53. The Morgan fingerprint density at radius 2 is 1.77 bits per heavy atom. The highest BCUT2D eigenvalue weighted by molar-refractivity contribution is 6.74. The highest BCUT2D eigenvalue weighted by Gasteiger charge is 2.37. The molecule has 1 aliphatic rings. The summed E-state index contributed by atoms with van der Waals surface area (Å²) in [7, 11) is -1.69. The molecule has 0 aromatic heterocycles. The molecule has 0 saturated heterocycles. The molecule has 0 spiro atoms. The first-order valence-corrected chi connectivity index (χ1v) is 11.9. The van der Waals surface area contributed by atoms with Crippen molar-refractivity contribution < 1.29 is 9.53 Å². The minimum absolute atomic E-state index is 0.205. The summed E-state index contributed by atoms with van der Waals surface area (Å²) in [5, 5.41) is 10.7. The Balaban J connectivity index is 2.41. The van der Waals surface area contributed by atoms with Crippen molar-refractivity contribution in [3.63, 3.8) is 0 Å². The topological polar surface area (TPSA) is 29.5 Å². The van der Waals surface area contributed by atoms with Crippen LogP contribution in [-0.2, 0) is 4.43 Å². The second kappa shape index (κ2) is 8.12. The van der Waals surface area contributed by atoms with Gasteiger partial charge in [-0.25, -0.2) is 0 Å². The Kier molecular flexibility index (Phi) is 7.35. The van der Waals surface area contributed by atoms with Gasteiger partial charge in [0.15, 0.2) is 8.32 Å². The van der Waals surface area contributed by atoms with Crippen molar-refractivity contribution in [1.82, 2.24) is 0 Å². The molecule has 2 unspecified atom stereocenters. The molecule has 0 aliphatic heterocycles. The van der Waals surface area contributed by atoms with Crippen molar-refractivity contribution in [3.8, 4) is 0 Å². The second-order valence-corrected chi connectivity index (χ2v) is 13.6. The highest BCUT2D eigenvalue weighted by Crippen LogP contribution is 2.37. The lowest BCUT2D eigenvalue weighted by molar-refractivity contribution is 0.0820. The van der Waals surface area contributed by atoms with Crippen molar-refractivity contribution >= 4 is 8.32 Å². The maximum absolute atomic E-state index is 10.5. The van der Waals surface area contributed by atoms with Crippen LogP contribution in [0.1, 0.15) is 66.2 Å². The van der Waals surface area contributed by atoms with Gasteiger partial charge in [-0.05, 0) is 49.2 Å². The molecule has 1 saturated carbocycles. The van der Waals surface area contributed by atoms with E-state index in [4.69, 9.17) is 4.43 Å². The lowest BCUT2D eigenvalue weighted by Gasteiger charge is -2.37. The first-order chi connectivity index (χ1) is 10.0. The van der Waals surface area contributed by atoms with Crippen molar-refractivity contribution in [2.45, 2.75) is 90.5 Å². The zero-order chi connectivity index (χ0) is 17.0. The van der Waals surface area contributed by atoms with Gasteiger partial charge in [0.05, 0.1) is 6.10 Å². The van der Waals surface area contributed by atoms with E-state index < -0.39 is 8.32 Å². The van der Waals surface area contributed by atoms with Crippen molar-refractivity contribution in [3.05, 3.63) is 12.2 Å². The summed E-state index contributed by atoms with van der Waals surface area (Å²) in [6.45, 7) is 18.5. The van der Waals surface area contributed by atoms with Crippen molar-refractivity contribution in [1.29, 1.82) is 0 Å². The third-order valence-electron chi connectivity index (χ3n) is 5.86. The minimum Gasteiger partial charge on any atom is -0.416 e. The molecule has 22 heavy (non-hydrogen) atoms. The average molecular weight is 327 g/mol. The molecule has 0 heterocycles. The monoisotopic (exact) mass is 326 g/mol.